The molecule has 6 nitrogen and oxygen atoms in total. The van der Waals surface area contributed by atoms with Crippen LogP contribution in [0.2, 0.25) is 0 Å². The van der Waals surface area contributed by atoms with E-state index in [0.717, 1.165) is 23.8 Å². The van der Waals surface area contributed by atoms with E-state index >= 15 is 0 Å². The highest BCUT2D eigenvalue weighted by atomic mass is 16.5. The zero-order chi connectivity index (χ0) is 19.4. The zero-order valence-corrected chi connectivity index (χ0v) is 15.6. The largest absolute Gasteiger partial charge is 0.497 e. The lowest BCUT2D eigenvalue weighted by Gasteiger charge is -2.11. The van der Waals surface area contributed by atoms with E-state index in [2.05, 4.69) is 17.2 Å². The number of aromatic nitrogens is 1. The van der Waals surface area contributed by atoms with Gasteiger partial charge in [0, 0.05) is 28.8 Å². The molecule has 0 atom stereocenters. The van der Waals surface area contributed by atoms with Crippen molar-refractivity contribution < 1.29 is 14.3 Å². The summed E-state index contributed by atoms with van der Waals surface area (Å²) < 4.78 is 10.4. The Kier molecular flexibility index (Phi) is 5.45. The Labute approximate surface area is 157 Å². The molecule has 0 saturated carbocycles. The number of ether oxygens (including phenoxy) is 2. The normalized spacial score (nSPS) is 10.6. The minimum Gasteiger partial charge on any atom is -0.497 e. The van der Waals surface area contributed by atoms with Crippen molar-refractivity contribution in [1.82, 2.24) is 4.98 Å². The molecule has 0 saturated heterocycles. The van der Waals surface area contributed by atoms with Crippen LogP contribution < -0.4 is 20.3 Å². The third-order valence-corrected chi connectivity index (χ3v) is 4.32. The number of H-pyrrole nitrogens is 1. The molecule has 2 aromatic carbocycles. The molecule has 0 spiro atoms. The van der Waals surface area contributed by atoms with Gasteiger partial charge in [-0.2, -0.15) is 0 Å². The maximum Gasteiger partial charge on any atom is 0.255 e. The van der Waals surface area contributed by atoms with Crippen molar-refractivity contribution in [2.24, 2.45) is 0 Å². The minimum atomic E-state index is -0.293. The highest BCUT2D eigenvalue weighted by Crippen LogP contribution is 2.24. The van der Waals surface area contributed by atoms with Crippen LogP contribution in [-0.4, -0.2) is 25.1 Å². The number of nitrogens with one attached hydrogen (secondary N) is 2. The maximum absolute atomic E-state index is 12.6. The summed E-state index contributed by atoms with van der Waals surface area (Å²) in [5, 5.41) is 3.84. The molecule has 27 heavy (non-hydrogen) atoms. The predicted octanol–water partition coefficient (Wildman–Crippen LogP) is 3.75. The van der Waals surface area contributed by atoms with Gasteiger partial charge in [0.2, 0.25) is 5.56 Å². The summed E-state index contributed by atoms with van der Waals surface area (Å²) in [4.78, 5) is 27.4. The molecule has 1 aromatic heterocycles. The van der Waals surface area contributed by atoms with Crippen molar-refractivity contribution in [3.63, 3.8) is 0 Å². The zero-order valence-electron chi connectivity index (χ0n) is 15.6. The van der Waals surface area contributed by atoms with Crippen LogP contribution in [0, 0.1) is 0 Å². The van der Waals surface area contributed by atoms with Gasteiger partial charge in [0.05, 0.1) is 19.7 Å². The number of fused-ring (bicyclic) bond motifs is 1. The molecule has 1 heterocycles. The van der Waals surface area contributed by atoms with Crippen molar-refractivity contribution in [3.8, 4) is 11.5 Å². The Morgan fingerprint density at radius 3 is 2.37 bits per heavy atom. The van der Waals surface area contributed by atoms with Crippen molar-refractivity contribution in [1.29, 1.82) is 0 Å². The number of anilines is 1. The van der Waals surface area contributed by atoms with Crippen LogP contribution in [0.5, 0.6) is 11.5 Å². The van der Waals surface area contributed by atoms with E-state index in [1.54, 1.807) is 30.3 Å². The number of aromatic amines is 1. The molecule has 3 aromatic rings. The van der Waals surface area contributed by atoms with Crippen molar-refractivity contribution >= 4 is 22.5 Å². The van der Waals surface area contributed by atoms with E-state index in [0.29, 0.717) is 28.3 Å². The molecule has 0 fully saturated rings. The third-order valence-electron chi connectivity index (χ3n) is 4.32. The first-order valence-electron chi connectivity index (χ1n) is 8.74. The molecule has 0 aliphatic rings. The summed E-state index contributed by atoms with van der Waals surface area (Å²) >= 11 is 0. The number of benzene rings is 2. The molecule has 0 radical (unpaired) electrons. The van der Waals surface area contributed by atoms with Gasteiger partial charge in [-0.1, -0.05) is 19.4 Å². The Hall–Kier alpha value is -3.28. The van der Waals surface area contributed by atoms with E-state index < -0.39 is 0 Å². The van der Waals surface area contributed by atoms with Gasteiger partial charge in [0.1, 0.15) is 11.5 Å². The van der Waals surface area contributed by atoms with Crippen LogP contribution in [0.3, 0.4) is 0 Å². The number of methoxy groups -OCH3 is 2. The van der Waals surface area contributed by atoms with Crippen molar-refractivity contribution in [2.75, 3.05) is 19.5 Å². The summed E-state index contributed by atoms with van der Waals surface area (Å²) in [5.41, 5.74) is 2.57. The molecule has 1 amide bonds. The molecular weight excluding hydrogens is 344 g/mol. The van der Waals surface area contributed by atoms with Crippen molar-refractivity contribution in [3.05, 3.63) is 63.9 Å². The summed E-state index contributed by atoms with van der Waals surface area (Å²) in [6.07, 6.45) is 1.78. The highest BCUT2D eigenvalue weighted by molar-refractivity contribution is 6.05. The van der Waals surface area contributed by atoms with Gasteiger partial charge in [0.25, 0.3) is 5.91 Å². The minimum absolute atomic E-state index is 0.146. The Morgan fingerprint density at radius 2 is 1.74 bits per heavy atom. The Morgan fingerprint density at radius 1 is 1.04 bits per heavy atom. The van der Waals surface area contributed by atoms with E-state index in [1.165, 1.54) is 14.2 Å². The number of amides is 1. The van der Waals surface area contributed by atoms with Gasteiger partial charge in [-0.05, 0) is 36.2 Å². The van der Waals surface area contributed by atoms with Gasteiger partial charge in [-0.3, -0.25) is 9.59 Å². The first-order valence-corrected chi connectivity index (χ1v) is 8.74. The fourth-order valence-corrected chi connectivity index (χ4v) is 3.03. The number of rotatable bonds is 6. The van der Waals surface area contributed by atoms with Gasteiger partial charge >= 0.3 is 0 Å². The van der Waals surface area contributed by atoms with Gasteiger partial charge in [-0.25, -0.2) is 0 Å². The van der Waals surface area contributed by atoms with Crippen LogP contribution in [0.1, 0.15) is 29.3 Å². The van der Waals surface area contributed by atoms with E-state index in [9.17, 15) is 9.59 Å². The van der Waals surface area contributed by atoms with E-state index in [-0.39, 0.29) is 11.5 Å². The van der Waals surface area contributed by atoms with E-state index in [1.807, 2.05) is 12.1 Å². The quantitative estimate of drug-likeness (QED) is 0.696. The molecule has 0 aliphatic heterocycles. The molecule has 0 unspecified atom stereocenters. The molecule has 6 heteroatoms. The topological polar surface area (TPSA) is 80.4 Å². The number of hydrogen-bond donors (Lipinski definition) is 2. The summed E-state index contributed by atoms with van der Waals surface area (Å²) in [5.74, 6) is 0.775. The average Bonchev–Trinajstić information content (AvgIpc) is 2.67. The summed E-state index contributed by atoms with van der Waals surface area (Å²) in [6, 6.07) is 12.1. The first-order chi connectivity index (χ1) is 13.0. The van der Waals surface area contributed by atoms with E-state index in [4.69, 9.17) is 9.47 Å². The number of pyridine rings is 1. The van der Waals surface area contributed by atoms with Gasteiger partial charge < -0.3 is 19.8 Å². The van der Waals surface area contributed by atoms with Crippen LogP contribution in [-0.2, 0) is 6.42 Å². The second-order valence-corrected chi connectivity index (χ2v) is 6.22. The van der Waals surface area contributed by atoms with Crippen LogP contribution in [0.25, 0.3) is 10.9 Å². The fraction of sp³-hybridized carbons (Fsp3) is 0.238. The molecule has 3 rings (SSSR count). The van der Waals surface area contributed by atoms with Crippen molar-refractivity contribution in [2.45, 2.75) is 19.8 Å². The maximum atomic E-state index is 12.6. The monoisotopic (exact) mass is 366 g/mol. The second kappa shape index (κ2) is 7.95. The van der Waals surface area contributed by atoms with Crippen LogP contribution >= 0.6 is 0 Å². The fourth-order valence-electron chi connectivity index (χ4n) is 3.03. The molecule has 0 bridgehead atoms. The SMILES string of the molecule is CCCc1cc(=O)[nH]c2cc(NC(=O)c3cc(OC)cc(OC)c3)ccc12. The first kappa shape index (κ1) is 18.5. The number of carbonyl (C=O) groups is 1. The lowest BCUT2D eigenvalue weighted by Crippen LogP contribution is -2.13. The standard InChI is InChI=1S/C21H22N2O4/c1-4-5-13-10-20(24)23-19-11-15(6-7-18(13)19)22-21(25)14-8-16(26-2)12-17(9-14)27-3/h6-12H,4-5H2,1-3H3,(H,22,25)(H,23,24). The number of hydrogen-bond acceptors (Lipinski definition) is 4. The average molecular weight is 366 g/mol. The Balaban J connectivity index is 1.92. The smallest absolute Gasteiger partial charge is 0.255 e. The third kappa shape index (κ3) is 4.11. The predicted molar refractivity (Wildman–Crippen MR) is 106 cm³/mol. The lowest BCUT2D eigenvalue weighted by atomic mass is 10.0. The Bertz CT molecular complexity index is 1020. The summed E-state index contributed by atoms with van der Waals surface area (Å²) in [6.45, 7) is 2.07. The van der Waals surface area contributed by atoms with Gasteiger partial charge in [-0.15, -0.1) is 0 Å². The van der Waals surface area contributed by atoms with Gasteiger partial charge in [0.15, 0.2) is 0 Å². The molecule has 140 valence electrons. The summed E-state index contributed by atoms with van der Waals surface area (Å²) in [7, 11) is 3.06. The molecule has 2 N–H and O–H groups in total. The second-order valence-electron chi connectivity index (χ2n) is 6.22. The molecular formula is C21H22N2O4. The van der Waals surface area contributed by atoms with Crippen LogP contribution in [0.4, 0.5) is 5.69 Å². The number of aryl methyl sites for hydroxylation is 1. The number of carbonyl (C=O) groups excluding carboxylic acids is 1. The highest BCUT2D eigenvalue weighted by Gasteiger charge is 2.11. The van der Waals surface area contributed by atoms with Crippen LogP contribution in [0.15, 0.2) is 47.3 Å². The lowest BCUT2D eigenvalue weighted by molar-refractivity contribution is 0.102. The molecule has 0 aliphatic carbocycles.